The maximum absolute atomic E-state index is 10.2. The Morgan fingerprint density at radius 2 is 1.80 bits per heavy atom. The quantitative estimate of drug-likeness (QED) is 0.726. The Morgan fingerprint density at radius 3 is 2.60 bits per heavy atom. The lowest BCUT2D eigenvalue weighted by molar-refractivity contribution is 0.0770. The smallest absolute Gasteiger partial charge is 0.122 e. The van der Waals surface area contributed by atoms with Gasteiger partial charge in [-0.05, 0) is 42.2 Å². The molecule has 1 atom stereocenters. The summed E-state index contributed by atoms with van der Waals surface area (Å²) in [5.41, 5.74) is 2.21. The number of aliphatic hydroxyl groups is 1. The molecule has 1 aliphatic rings. The third-order valence-electron chi connectivity index (χ3n) is 4.36. The molecule has 0 aliphatic carbocycles. The van der Waals surface area contributed by atoms with Crippen LogP contribution in [0.4, 0.5) is 0 Å². The number of ether oxygens (including phenoxy) is 1. The van der Waals surface area contributed by atoms with Crippen molar-refractivity contribution < 1.29 is 14.9 Å². The van der Waals surface area contributed by atoms with Crippen LogP contribution in [-0.4, -0.2) is 47.5 Å². The van der Waals surface area contributed by atoms with Crippen LogP contribution in [0.25, 0.3) is 0 Å². The van der Waals surface area contributed by atoms with Gasteiger partial charge in [0.15, 0.2) is 0 Å². The van der Waals surface area contributed by atoms with Gasteiger partial charge in [0, 0.05) is 19.6 Å². The van der Waals surface area contributed by atoms with Crippen molar-refractivity contribution in [3.63, 3.8) is 0 Å². The van der Waals surface area contributed by atoms with Crippen molar-refractivity contribution in [3.8, 4) is 11.5 Å². The first-order valence-corrected chi connectivity index (χ1v) is 8.75. The van der Waals surface area contributed by atoms with Gasteiger partial charge >= 0.3 is 0 Å². The Hall–Kier alpha value is -2.30. The van der Waals surface area contributed by atoms with Gasteiger partial charge in [0.05, 0.1) is 0 Å². The summed E-state index contributed by atoms with van der Waals surface area (Å²) in [6.45, 7) is 2.72. The van der Waals surface area contributed by atoms with E-state index in [0.717, 1.165) is 42.8 Å². The van der Waals surface area contributed by atoms with E-state index >= 15 is 0 Å². The minimum Gasteiger partial charge on any atom is -0.508 e. The van der Waals surface area contributed by atoms with Crippen molar-refractivity contribution in [1.29, 1.82) is 0 Å². The second kappa shape index (κ2) is 8.70. The first-order chi connectivity index (χ1) is 12.2. The van der Waals surface area contributed by atoms with Gasteiger partial charge in [0.25, 0.3) is 0 Å². The molecule has 0 amide bonds. The van der Waals surface area contributed by atoms with Crippen LogP contribution in [-0.2, 0) is 12.8 Å². The van der Waals surface area contributed by atoms with Crippen molar-refractivity contribution in [2.24, 2.45) is 0 Å². The number of aliphatic hydroxyl groups excluding tert-OH is 1. The number of phenols is 1. The van der Waals surface area contributed by atoms with Gasteiger partial charge in [-0.3, -0.25) is 4.90 Å². The molecule has 0 aromatic heterocycles. The summed E-state index contributed by atoms with van der Waals surface area (Å²) >= 11 is 0. The highest BCUT2D eigenvalue weighted by Crippen LogP contribution is 2.21. The van der Waals surface area contributed by atoms with Gasteiger partial charge in [-0.2, -0.15) is 0 Å². The van der Waals surface area contributed by atoms with Crippen molar-refractivity contribution in [3.05, 3.63) is 71.8 Å². The van der Waals surface area contributed by atoms with Gasteiger partial charge in [-0.1, -0.05) is 42.5 Å². The lowest BCUT2D eigenvalue weighted by atomic mass is 10.0. The molecular formula is C21H25NO3. The largest absolute Gasteiger partial charge is 0.508 e. The Balaban J connectivity index is 1.53. The van der Waals surface area contributed by atoms with Gasteiger partial charge in [-0.15, -0.1) is 0 Å². The molecule has 2 aromatic carbocycles. The molecule has 0 spiro atoms. The van der Waals surface area contributed by atoms with E-state index in [4.69, 9.17) is 4.74 Å². The molecule has 25 heavy (non-hydrogen) atoms. The third kappa shape index (κ3) is 5.34. The first kappa shape index (κ1) is 17.5. The monoisotopic (exact) mass is 339 g/mol. The molecule has 2 N–H and O–H groups in total. The van der Waals surface area contributed by atoms with Crippen LogP contribution in [0, 0.1) is 0 Å². The third-order valence-corrected chi connectivity index (χ3v) is 4.36. The molecule has 0 saturated heterocycles. The normalized spacial score (nSPS) is 15.4. The predicted octanol–water partition coefficient (Wildman–Crippen LogP) is 2.79. The zero-order valence-electron chi connectivity index (χ0n) is 14.3. The van der Waals surface area contributed by atoms with Crippen LogP contribution in [0.1, 0.15) is 11.1 Å². The fourth-order valence-corrected chi connectivity index (χ4v) is 3.05. The molecule has 0 radical (unpaired) electrons. The summed E-state index contributed by atoms with van der Waals surface area (Å²) in [5.74, 6) is 1.11. The number of hydrogen-bond donors (Lipinski definition) is 2. The number of aryl methyl sites for hydroxylation is 2. The standard InChI is InChI=1S/C21H25NO3/c23-19-8-5-6-17(14-19)10-11-18-7-1-2-9-21(18)25-16-20(24)15-22-12-3-4-13-22/h1-9,14,20,23-24H,10-13,15-16H2/t20-/m0/s1. The van der Waals surface area contributed by atoms with E-state index in [9.17, 15) is 10.2 Å². The van der Waals surface area contributed by atoms with Crippen LogP contribution in [0.2, 0.25) is 0 Å². The lowest BCUT2D eigenvalue weighted by Gasteiger charge is -2.20. The molecule has 4 nitrogen and oxygen atoms in total. The number of nitrogens with zero attached hydrogens (tertiary/aromatic N) is 1. The fraction of sp³-hybridized carbons (Fsp3) is 0.333. The lowest BCUT2D eigenvalue weighted by Crippen LogP contribution is -2.34. The minimum absolute atomic E-state index is 0.291. The van der Waals surface area contributed by atoms with E-state index in [1.165, 1.54) is 0 Å². The van der Waals surface area contributed by atoms with Crippen molar-refractivity contribution in [2.75, 3.05) is 26.2 Å². The van der Waals surface area contributed by atoms with Gasteiger partial charge in [0.2, 0.25) is 0 Å². The minimum atomic E-state index is -0.501. The molecule has 132 valence electrons. The second-order valence-corrected chi connectivity index (χ2v) is 6.43. The van der Waals surface area contributed by atoms with E-state index in [1.807, 2.05) is 30.3 Å². The van der Waals surface area contributed by atoms with E-state index in [1.54, 1.807) is 12.1 Å². The molecule has 2 aromatic rings. The molecule has 1 heterocycles. The van der Waals surface area contributed by atoms with E-state index in [2.05, 4.69) is 23.1 Å². The highest BCUT2D eigenvalue weighted by Gasteiger charge is 2.14. The van der Waals surface area contributed by atoms with Gasteiger partial charge in [-0.25, -0.2) is 0 Å². The Kier molecular flexibility index (Phi) is 6.09. The number of rotatable bonds is 8. The highest BCUT2D eigenvalue weighted by atomic mass is 16.5. The number of para-hydroxylation sites is 1. The molecule has 0 unspecified atom stereocenters. The van der Waals surface area contributed by atoms with E-state index in [0.29, 0.717) is 18.9 Å². The number of phenolic OH excluding ortho intramolecular Hbond substituents is 1. The molecule has 0 bridgehead atoms. The Morgan fingerprint density at radius 1 is 1.00 bits per heavy atom. The highest BCUT2D eigenvalue weighted by molar-refractivity contribution is 5.35. The van der Waals surface area contributed by atoms with Gasteiger partial charge < -0.3 is 14.9 Å². The molecule has 0 saturated carbocycles. The zero-order chi connectivity index (χ0) is 17.5. The zero-order valence-corrected chi connectivity index (χ0v) is 14.3. The number of aromatic hydroxyl groups is 1. The summed E-state index contributed by atoms with van der Waals surface area (Å²) in [7, 11) is 0. The average molecular weight is 339 g/mol. The number of β-amino-alcohol motifs (C(OH)–C–C–N with tert-alkyl or cyclic N) is 1. The molecular weight excluding hydrogens is 314 g/mol. The summed E-state index contributed by atoms with van der Waals surface area (Å²) < 4.78 is 5.87. The van der Waals surface area contributed by atoms with E-state index in [-0.39, 0.29) is 0 Å². The molecule has 1 aliphatic heterocycles. The van der Waals surface area contributed by atoms with Crippen molar-refractivity contribution >= 4 is 0 Å². The van der Waals surface area contributed by atoms with E-state index < -0.39 is 6.10 Å². The maximum Gasteiger partial charge on any atom is 0.122 e. The predicted molar refractivity (Wildman–Crippen MR) is 99.0 cm³/mol. The SMILES string of the molecule is Oc1cccc(CCc2ccccc2OC[C@@H](O)CN2CC=CC2)c1. The first-order valence-electron chi connectivity index (χ1n) is 8.75. The molecule has 3 rings (SSSR count). The molecule has 0 fully saturated rings. The summed E-state index contributed by atoms with van der Waals surface area (Å²) in [5, 5.41) is 19.7. The summed E-state index contributed by atoms with van der Waals surface area (Å²) in [6.07, 6.45) is 5.39. The Labute approximate surface area is 149 Å². The van der Waals surface area contributed by atoms with Crippen LogP contribution in [0.5, 0.6) is 11.5 Å². The second-order valence-electron chi connectivity index (χ2n) is 6.43. The number of hydrogen-bond acceptors (Lipinski definition) is 4. The fourth-order valence-electron chi connectivity index (χ4n) is 3.05. The van der Waals surface area contributed by atoms with Crippen LogP contribution in [0.3, 0.4) is 0 Å². The Bertz CT molecular complexity index is 706. The average Bonchev–Trinajstić information content (AvgIpc) is 3.12. The van der Waals surface area contributed by atoms with Crippen molar-refractivity contribution in [1.82, 2.24) is 4.90 Å². The summed E-state index contributed by atoms with van der Waals surface area (Å²) in [4.78, 5) is 2.18. The summed E-state index contributed by atoms with van der Waals surface area (Å²) in [6, 6.07) is 15.3. The topological polar surface area (TPSA) is 52.9 Å². The van der Waals surface area contributed by atoms with Crippen molar-refractivity contribution in [2.45, 2.75) is 18.9 Å². The van der Waals surface area contributed by atoms with Crippen LogP contribution < -0.4 is 4.74 Å². The van der Waals surface area contributed by atoms with Crippen LogP contribution in [0.15, 0.2) is 60.7 Å². The molecule has 4 heteroatoms. The van der Waals surface area contributed by atoms with Crippen LogP contribution >= 0.6 is 0 Å². The maximum atomic E-state index is 10.2. The number of benzene rings is 2. The van der Waals surface area contributed by atoms with Gasteiger partial charge in [0.1, 0.15) is 24.2 Å².